The SMILES string of the molecule is C[C@H]1[C@H]2CN(C(=O)Nc3cccc4ccccc34)CCN2C(c2cccnc2)N1c1nccc(-n2cnc3ccccc32)n1. The summed E-state index contributed by atoms with van der Waals surface area (Å²) in [6.07, 6.45) is 7.20. The molecule has 0 bridgehead atoms. The van der Waals surface area contributed by atoms with Gasteiger partial charge in [0.1, 0.15) is 18.3 Å². The molecular formula is C34H31N9O. The van der Waals surface area contributed by atoms with E-state index in [0.29, 0.717) is 25.6 Å². The summed E-state index contributed by atoms with van der Waals surface area (Å²) in [7, 11) is 0. The highest BCUT2D eigenvalue weighted by molar-refractivity contribution is 6.01. The summed E-state index contributed by atoms with van der Waals surface area (Å²) >= 11 is 0. The molecule has 10 heteroatoms. The molecule has 218 valence electrons. The Balaban J connectivity index is 1.11. The molecule has 2 fully saturated rings. The average Bonchev–Trinajstić information content (AvgIpc) is 3.64. The number of hydrogen-bond acceptors (Lipinski definition) is 7. The van der Waals surface area contributed by atoms with Gasteiger partial charge in [-0.15, -0.1) is 0 Å². The van der Waals surface area contributed by atoms with Gasteiger partial charge in [0.25, 0.3) is 0 Å². The van der Waals surface area contributed by atoms with E-state index in [1.807, 2.05) is 82.4 Å². The van der Waals surface area contributed by atoms with Crippen molar-refractivity contribution < 1.29 is 4.79 Å². The van der Waals surface area contributed by atoms with Crippen LogP contribution >= 0.6 is 0 Å². The number of piperazine rings is 1. The maximum atomic E-state index is 13.6. The van der Waals surface area contributed by atoms with E-state index >= 15 is 0 Å². The number of urea groups is 1. The molecule has 10 nitrogen and oxygen atoms in total. The molecule has 1 N–H and O–H groups in total. The Labute approximate surface area is 254 Å². The van der Waals surface area contributed by atoms with E-state index in [0.717, 1.165) is 38.9 Å². The van der Waals surface area contributed by atoms with E-state index in [2.05, 4.69) is 50.2 Å². The lowest BCUT2D eigenvalue weighted by Gasteiger charge is -2.39. The Morgan fingerprint density at radius 1 is 0.886 bits per heavy atom. The molecule has 3 aromatic heterocycles. The second-order valence-corrected chi connectivity index (χ2v) is 11.3. The minimum absolute atomic E-state index is 0.0168. The summed E-state index contributed by atoms with van der Waals surface area (Å²) in [6.45, 7) is 4.09. The molecule has 0 radical (unpaired) electrons. The Bertz CT molecular complexity index is 1970. The largest absolute Gasteiger partial charge is 0.322 e. The van der Waals surface area contributed by atoms with Crippen molar-refractivity contribution >= 4 is 39.5 Å². The summed E-state index contributed by atoms with van der Waals surface area (Å²) in [6, 6.07) is 28.1. The van der Waals surface area contributed by atoms with Crippen LogP contribution in [0.2, 0.25) is 0 Å². The fraction of sp³-hybridized carbons (Fsp3) is 0.206. The second-order valence-electron chi connectivity index (χ2n) is 11.3. The number of benzene rings is 3. The lowest BCUT2D eigenvalue weighted by atomic mass is 10.1. The third-order valence-electron chi connectivity index (χ3n) is 8.90. The highest BCUT2D eigenvalue weighted by Crippen LogP contribution is 2.41. The molecule has 2 aliphatic heterocycles. The van der Waals surface area contributed by atoms with Crippen LogP contribution in [0.3, 0.4) is 0 Å². The van der Waals surface area contributed by atoms with Crippen LogP contribution in [-0.4, -0.2) is 72.1 Å². The van der Waals surface area contributed by atoms with Crippen molar-refractivity contribution in [3.8, 4) is 5.82 Å². The lowest BCUT2D eigenvalue weighted by Crippen LogP contribution is -2.55. The average molecular weight is 582 g/mol. The van der Waals surface area contributed by atoms with Crippen LogP contribution in [0.5, 0.6) is 0 Å². The van der Waals surface area contributed by atoms with Crippen LogP contribution in [0.1, 0.15) is 18.7 Å². The van der Waals surface area contributed by atoms with Gasteiger partial charge in [0, 0.05) is 61.3 Å². The number of anilines is 2. The Morgan fingerprint density at radius 2 is 1.75 bits per heavy atom. The molecule has 44 heavy (non-hydrogen) atoms. The van der Waals surface area contributed by atoms with E-state index in [1.165, 1.54) is 0 Å². The topological polar surface area (TPSA) is 95.3 Å². The van der Waals surface area contributed by atoms with Gasteiger partial charge in [0.05, 0.1) is 16.7 Å². The molecule has 2 amide bonds. The molecule has 0 spiro atoms. The van der Waals surface area contributed by atoms with Crippen LogP contribution in [0, 0.1) is 0 Å². The van der Waals surface area contributed by atoms with Crippen LogP contribution < -0.4 is 10.2 Å². The number of rotatable bonds is 4. The van der Waals surface area contributed by atoms with Crippen molar-refractivity contribution in [1.82, 2.24) is 34.3 Å². The normalized spacial score (nSPS) is 20.2. The number of imidazole rings is 1. The van der Waals surface area contributed by atoms with Gasteiger partial charge >= 0.3 is 6.03 Å². The third kappa shape index (κ3) is 4.42. The fourth-order valence-corrected chi connectivity index (χ4v) is 6.75. The number of para-hydroxylation sites is 2. The highest BCUT2D eigenvalue weighted by atomic mass is 16.2. The van der Waals surface area contributed by atoms with Crippen LogP contribution in [0.15, 0.2) is 110 Å². The number of nitrogens with zero attached hydrogens (tertiary/aromatic N) is 8. The van der Waals surface area contributed by atoms with Gasteiger partial charge in [0.15, 0.2) is 0 Å². The molecular weight excluding hydrogens is 550 g/mol. The number of nitrogens with one attached hydrogen (secondary N) is 1. The zero-order valence-corrected chi connectivity index (χ0v) is 24.2. The lowest BCUT2D eigenvalue weighted by molar-refractivity contribution is 0.0943. The third-order valence-corrected chi connectivity index (χ3v) is 8.90. The highest BCUT2D eigenvalue weighted by Gasteiger charge is 2.49. The standard InChI is InChI=1S/C34H31N9O/c1-23-30-21-40(34(44)38-27-13-6-9-24-8-2-3-11-26(24)27)18-19-41(30)32(25-10-7-16-35-20-25)43(23)33-36-17-15-31(39-33)42-22-37-28-12-4-5-14-29(28)42/h2-17,20,22-23,30,32H,18-19,21H2,1H3,(H,38,44)/t23-,30+,32?/m0/s1. The summed E-state index contributed by atoms with van der Waals surface area (Å²) < 4.78 is 1.99. The van der Waals surface area contributed by atoms with Crippen molar-refractivity contribution in [3.05, 3.63) is 115 Å². The first-order valence-corrected chi connectivity index (χ1v) is 14.9. The number of carbonyl (C=O) groups is 1. The first kappa shape index (κ1) is 26.3. The molecule has 8 rings (SSSR count). The summed E-state index contributed by atoms with van der Waals surface area (Å²) in [5.41, 5.74) is 3.79. The minimum Gasteiger partial charge on any atom is -0.322 e. The smallest absolute Gasteiger partial charge is 0.321 e. The quantitative estimate of drug-likeness (QED) is 0.294. The molecule has 2 aliphatic rings. The number of pyridine rings is 1. The summed E-state index contributed by atoms with van der Waals surface area (Å²) in [5.74, 6) is 1.38. The van der Waals surface area contributed by atoms with Crippen molar-refractivity contribution in [2.75, 3.05) is 29.9 Å². The molecule has 6 aromatic rings. The number of fused-ring (bicyclic) bond motifs is 3. The van der Waals surface area contributed by atoms with E-state index in [4.69, 9.17) is 9.97 Å². The molecule has 3 atom stereocenters. The van der Waals surface area contributed by atoms with E-state index < -0.39 is 0 Å². The predicted molar refractivity (Wildman–Crippen MR) is 171 cm³/mol. The number of carbonyl (C=O) groups excluding carboxylic acids is 1. The zero-order chi connectivity index (χ0) is 29.6. The maximum Gasteiger partial charge on any atom is 0.321 e. The number of aromatic nitrogens is 5. The molecule has 1 unspecified atom stereocenters. The van der Waals surface area contributed by atoms with Crippen LogP contribution in [-0.2, 0) is 0 Å². The molecule has 2 saturated heterocycles. The molecule has 0 saturated carbocycles. The monoisotopic (exact) mass is 581 g/mol. The molecule has 5 heterocycles. The van der Waals surface area contributed by atoms with Gasteiger partial charge in [-0.1, -0.05) is 54.6 Å². The van der Waals surface area contributed by atoms with Gasteiger partial charge in [-0.05, 0) is 42.6 Å². The van der Waals surface area contributed by atoms with Crippen molar-refractivity contribution in [2.24, 2.45) is 0 Å². The van der Waals surface area contributed by atoms with Crippen LogP contribution in [0.25, 0.3) is 27.6 Å². The molecule has 0 aliphatic carbocycles. The predicted octanol–water partition coefficient (Wildman–Crippen LogP) is 5.49. The first-order valence-electron chi connectivity index (χ1n) is 14.9. The Hall–Kier alpha value is -5.35. The fourth-order valence-electron chi connectivity index (χ4n) is 6.75. The Morgan fingerprint density at radius 3 is 2.66 bits per heavy atom. The van der Waals surface area contributed by atoms with Crippen LogP contribution in [0.4, 0.5) is 16.4 Å². The molecule has 3 aromatic carbocycles. The van der Waals surface area contributed by atoms with Gasteiger partial charge < -0.3 is 15.1 Å². The minimum atomic E-state index is -0.123. The van der Waals surface area contributed by atoms with Gasteiger partial charge in [-0.3, -0.25) is 14.5 Å². The van der Waals surface area contributed by atoms with Crippen molar-refractivity contribution in [3.63, 3.8) is 0 Å². The number of hydrogen-bond donors (Lipinski definition) is 1. The van der Waals surface area contributed by atoms with Crippen molar-refractivity contribution in [2.45, 2.75) is 25.2 Å². The van der Waals surface area contributed by atoms with Crippen molar-refractivity contribution in [1.29, 1.82) is 0 Å². The number of amides is 2. The van der Waals surface area contributed by atoms with Gasteiger partial charge in [-0.2, -0.15) is 4.98 Å². The first-order chi connectivity index (χ1) is 21.7. The summed E-state index contributed by atoms with van der Waals surface area (Å²) in [4.78, 5) is 39.1. The van der Waals surface area contributed by atoms with Gasteiger partial charge in [0.2, 0.25) is 5.95 Å². The van der Waals surface area contributed by atoms with Gasteiger partial charge in [-0.25, -0.2) is 14.8 Å². The van der Waals surface area contributed by atoms with E-state index in [1.54, 1.807) is 18.7 Å². The maximum absolute atomic E-state index is 13.6. The Kier molecular flexibility index (Phi) is 6.41. The second kappa shape index (κ2) is 10.7. The zero-order valence-electron chi connectivity index (χ0n) is 24.2. The van der Waals surface area contributed by atoms with E-state index in [-0.39, 0.29) is 24.3 Å². The summed E-state index contributed by atoms with van der Waals surface area (Å²) in [5, 5.41) is 5.31. The van der Waals surface area contributed by atoms with E-state index in [9.17, 15) is 4.79 Å².